The minimum absolute atomic E-state index is 0.0814. The summed E-state index contributed by atoms with van der Waals surface area (Å²) in [4.78, 5) is 12.3. The number of amides is 1. The van der Waals surface area contributed by atoms with Crippen molar-refractivity contribution in [3.8, 4) is 0 Å². The Balaban J connectivity index is 3.52. The van der Waals surface area contributed by atoms with Crippen LogP contribution >= 0.6 is 0 Å². The maximum atomic E-state index is 12.3. The SMILES string of the molecule is CC/C=C\C/C=C\C/C=C\C/C=C\C/C=C\C/C=C\C/C=C\CCCCCCCCCCCCCCCCCC(=O)NC(CO)C(O)/C=C/CC/C=C/CCCCC. The first-order valence-corrected chi connectivity index (χ1v) is 24.1. The van der Waals surface area contributed by atoms with Crippen molar-refractivity contribution < 1.29 is 15.0 Å². The van der Waals surface area contributed by atoms with E-state index in [1.54, 1.807) is 6.08 Å². The van der Waals surface area contributed by atoms with Gasteiger partial charge in [-0.15, -0.1) is 0 Å². The van der Waals surface area contributed by atoms with Crippen LogP contribution in [0.5, 0.6) is 0 Å². The van der Waals surface area contributed by atoms with Gasteiger partial charge >= 0.3 is 0 Å². The van der Waals surface area contributed by atoms with Crippen molar-refractivity contribution in [2.24, 2.45) is 0 Å². The summed E-state index contributed by atoms with van der Waals surface area (Å²) in [6.07, 6.45) is 73.7. The molecule has 4 nitrogen and oxygen atoms in total. The van der Waals surface area contributed by atoms with Gasteiger partial charge in [-0.3, -0.25) is 4.79 Å². The summed E-state index contributed by atoms with van der Waals surface area (Å²) in [7, 11) is 0. The van der Waals surface area contributed by atoms with Crippen LogP contribution in [-0.2, 0) is 4.79 Å². The quantitative estimate of drug-likeness (QED) is 0.0425. The van der Waals surface area contributed by atoms with E-state index in [0.29, 0.717) is 6.42 Å². The Morgan fingerprint density at radius 3 is 1.21 bits per heavy atom. The van der Waals surface area contributed by atoms with Crippen LogP contribution in [0.4, 0.5) is 0 Å². The van der Waals surface area contributed by atoms with Crippen LogP contribution in [0.2, 0.25) is 0 Å². The predicted molar refractivity (Wildman–Crippen MR) is 257 cm³/mol. The summed E-state index contributed by atoms with van der Waals surface area (Å²) < 4.78 is 0. The molecule has 0 spiro atoms. The van der Waals surface area contributed by atoms with Gasteiger partial charge in [0.05, 0.1) is 18.8 Å². The molecule has 0 aliphatic heterocycles. The zero-order valence-electron chi connectivity index (χ0n) is 37.8. The number of carbonyl (C=O) groups excluding carboxylic acids is 1. The summed E-state index contributed by atoms with van der Waals surface area (Å²) in [5.41, 5.74) is 0. The number of unbranched alkanes of at least 4 members (excludes halogenated alkanes) is 19. The summed E-state index contributed by atoms with van der Waals surface area (Å²) in [5.74, 6) is -0.0814. The molecule has 0 aliphatic carbocycles. The number of carbonyl (C=O) groups is 1. The lowest BCUT2D eigenvalue weighted by molar-refractivity contribution is -0.123. The lowest BCUT2D eigenvalue weighted by Crippen LogP contribution is -2.45. The molecule has 0 aromatic carbocycles. The lowest BCUT2D eigenvalue weighted by Gasteiger charge is -2.19. The van der Waals surface area contributed by atoms with E-state index in [0.717, 1.165) is 77.0 Å². The van der Waals surface area contributed by atoms with Crippen LogP contribution < -0.4 is 5.32 Å². The first-order valence-electron chi connectivity index (χ1n) is 24.1. The fourth-order valence-electron chi connectivity index (χ4n) is 6.58. The van der Waals surface area contributed by atoms with E-state index in [1.807, 2.05) is 6.08 Å². The Morgan fingerprint density at radius 1 is 0.431 bits per heavy atom. The van der Waals surface area contributed by atoms with E-state index in [4.69, 9.17) is 0 Å². The summed E-state index contributed by atoms with van der Waals surface area (Å²) in [6.45, 7) is 4.12. The van der Waals surface area contributed by atoms with Gasteiger partial charge in [0.15, 0.2) is 0 Å². The number of hydrogen-bond acceptors (Lipinski definition) is 3. The summed E-state index contributed by atoms with van der Waals surface area (Å²) in [6, 6.07) is -0.642. The largest absolute Gasteiger partial charge is 0.394 e. The van der Waals surface area contributed by atoms with Crippen molar-refractivity contribution in [1.82, 2.24) is 5.32 Å². The Kier molecular flexibility index (Phi) is 46.0. The number of aliphatic hydroxyl groups excluding tert-OH is 2. The normalized spacial score (nSPS) is 13.9. The molecule has 0 fully saturated rings. The summed E-state index contributed by atoms with van der Waals surface area (Å²) in [5, 5.41) is 22.9. The molecular weight excluding hydrogens is 711 g/mol. The highest BCUT2D eigenvalue weighted by Gasteiger charge is 2.17. The van der Waals surface area contributed by atoms with E-state index in [1.165, 1.54) is 109 Å². The molecule has 0 saturated carbocycles. The number of allylic oxidation sites excluding steroid dienone is 17. The molecule has 0 radical (unpaired) electrons. The monoisotopic (exact) mass is 802 g/mol. The molecular formula is C54H91NO3. The molecule has 2 unspecified atom stereocenters. The Labute approximate surface area is 359 Å². The van der Waals surface area contributed by atoms with Gasteiger partial charge in [0.25, 0.3) is 0 Å². The molecule has 0 aromatic rings. The standard InChI is InChI=1S/C54H91NO3/c1-3-5-7-9-11-13-14-15-16-17-18-19-20-21-22-23-24-25-26-27-28-29-30-31-32-33-34-35-36-37-38-39-40-42-44-46-48-50-54(58)55-52(51-56)53(57)49-47-45-43-41-12-10-8-6-4-2/h5,7,11-13,15-16,18-19,21-22,24-25,27-28,41,47,49,52-53,56-57H,3-4,6,8-10,14,17,20,23,26,29-40,42-46,48,50-51H2,1-2H3,(H,55,58)/b7-5-,13-11-,16-15-,19-18-,22-21-,25-24-,28-27-,41-12+,49-47+. The van der Waals surface area contributed by atoms with Crippen molar-refractivity contribution in [3.63, 3.8) is 0 Å². The van der Waals surface area contributed by atoms with Crippen LogP contribution in [0, 0.1) is 0 Å². The van der Waals surface area contributed by atoms with Crippen molar-refractivity contribution in [2.45, 2.75) is 219 Å². The fourth-order valence-corrected chi connectivity index (χ4v) is 6.58. The third kappa shape index (κ3) is 44.2. The highest BCUT2D eigenvalue weighted by atomic mass is 16.3. The lowest BCUT2D eigenvalue weighted by atomic mass is 10.0. The van der Waals surface area contributed by atoms with E-state index in [-0.39, 0.29) is 12.5 Å². The highest BCUT2D eigenvalue weighted by Crippen LogP contribution is 2.14. The molecule has 2 atom stereocenters. The zero-order chi connectivity index (χ0) is 42.1. The third-order valence-electron chi connectivity index (χ3n) is 10.2. The van der Waals surface area contributed by atoms with E-state index >= 15 is 0 Å². The van der Waals surface area contributed by atoms with Crippen molar-refractivity contribution in [2.75, 3.05) is 6.61 Å². The summed E-state index contributed by atoms with van der Waals surface area (Å²) >= 11 is 0. The molecule has 0 aromatic heterocycles. The zero-order valence-corrected chi connectivity index (χ0v) is 37.8. The van der Waals surface area contributed by atoms with Crippen LogP contribution in [0.15, 0.2) is 109 Å². The topological polar surface area (TPSA) is 69.6 Å². The second kappa shape index (κ2) is 48.4. The molecule has 1 amide bonds. The van der Waals surface area contributed by atoms with Gasteiger partial charge in [-0.1, -0.05) is 220 Å². The van der Waals surface area contributed by atoms with Gasteiger partial charge in [-0.25, -0.2) is 0 Å². The van der Waals surface area contributed by atoms with Crippen LogP contribution in [0.3, 0.4) is 0 Å². The minimum Gasteiger partial charge on any atom is -0.394 e. The fraction of sp³-hybridized carbons (Fsp3) is 0.648. The second-order valence-corrected chi connectivity index (χ2v) is 15.8. The average Bonchev–Trinajstić information content (AvgIpc) is 3.23. The van der Waals surface area contributed by atoms with Crippen molar-refractivity contribution >= 4 is 5.91 Å². The molecule has 3 N–H and O–H groups in total. The van der Waals surface area contributed by atoms with Gasteiger partial charge in [-0.05, 0) is 89.9 Å². The predicted octanol–water partition coefficient (Wildman–Crippen LogP) is 15.6. The molecule has 58 heavy (non-hydrogen) atoms. The number of aliphatic hydroxyl groups is 2. The van der Waals surface area contributed by atoms with Gasteiger partial charge in [0, 0.05) is 6.42 Å². The molecule has 0 rings (SSSR count). The molecule has 330 valence electrons. The van der Waals surface area contributed by atoms with Crippen molar-refractivity contribution in [1.29, 1.82) is 0 Å². The second-order valence-electron chi connectivity index (χ2n) is 15.8. The molecule has 0 bridgehead atoms. The smallest absolute Gasteiger partial charge is 0.220 e. The Morgan fingerprint density at radius 2 is 0.776 bits per heavy atom. The Bertz CT molecular complexity index is 1140. The van der Waals surface area contributed by atoms with Gasteiger partial charge < -0.3 is 15.5 Å². The van der Waals surface area contributed by atoms with Crippen LogP contribution in [0.25, 0.3) is 0 Å². The third-order valence-corrected chi connectivity index (χ3v) is 10.2. The van der Waals surface area contributed by atoms with Gasteiger partial charge in [-0.2, -0.15) is 0 Å². The van der Waals surface area contributed by atoms with Gasteiger partial charge in [0.2, 0.25) is 5.91 Å². The molecule has 0 saturated heterocycles. The first-order chi connectivity index (χ1) is 28.7. The Hall–Kier alpha value is -2.95. The first kappa shape index (κ1) is 55.0. The molecule has 4 heteroatoms. The van der Waals surface area contributed by atoms with E-state index in [2.05, 4.69) is 116 Å². The van der Waals surface area contributed by atoms with Gasteiger partial charge in [0.1, 0.15) is 0 Å². The minimum atomic E-state index is -0.864. The average molecular weight is 802 g/mol. The molecule has 0 aliphatic rings. The maximum absolute atomic E-state index is 12.3. The maximum Gasteiger partial charge on any atom is 0.220 e. The van der Waals surface area contributed by atoms with E-state index in [9.17, 15) is 15.0 Å². The van der Waals surface area contributed by atoms with E-state index < -0.39 is 12.1 Å². The van der Waals surface area contributed by atoms with Crippen LogP contribution in [-0.4, -0.2) is 34.9 Å². The van der Waals surface area contributed by atoms with Crippen LogP contribution in [0.1, 0.15) is 206 Å². The number of nitrogens with one attached hydrogen (secondary N) is 1. The number of hydrogen-bond donors (Lipinski definition) is 3. The number of rotatable bonds is 42. The highest BCUT2D eigenvalue weighted by molar-refractivity contribution is 5.76. The van der Waals surface area contributed by atoms with Crippen molar-refractivity contribution in [3.05, 3.63) is 109 Å². The molecule has 0 heterocycles.